The summed E-state index contributed by atoms with van der Waals surface area (Å²) in [5.74, 6) is 2.54. The molecule has 0 saturated carbocycles. The SMILES string of the molecule is CCCCn1c(CCC)nc(C(C)CC)c1N. The van der Waals surface area contributed by atoms with Gasteiger partial charge in [0.25, 0.3) is 0 Å². The van der Waals surface area contributed by atoms with Gasteiger partial charge in [-0.15, -0.1) is 0 Å². The van der Waals surface area contributed by atoms with Crippen LogP contribution >= 0.6 is 0 Å². The van der Waals surface area contributed by atoms with Gasteiger partial charge in [0.2, 0.25) is 0 Å². The molecule has 1 atom stereocenters. The summed E-state index contributed by atoms with van der Waals surface area (Å²) < 4.78 is 2.23. The molecule has 0 aliphatic carbocycles. The molecule has 0 aliphatic rings. The van der Waals surface area contributed by atoms with Crippen LogP contribution in [0.5, 0.6) is 0 Å². The van der Waals surface area contributed by atoms with E-state index in [2.05, 4.69) is 32.3 Å². The van der Waals surface area contributed by atoms with Crippen molar-refractivity contribution in [2.24, 2.45) is 0 Å². The molecule has 1 heterocycles. The first kappa shape index (κ1) is 14.1. The molecule has 17 heavy (non-hydrogen) atoms. The van der Waals surface area contributed by atoms with Crippen molar-refractivity contribution in [3.05, 3.63) is 11.5 Å². The second-order valence-electron chi connectivity index (χ2n) is 4.86. The lowest BCUT2D eigenvalue weighted by atomic mass is 10.1. The number of aromatic nitrogens is 2. The Hall–Kier alpha value is -0.990. The fourth-order valence-corrected chi connectivity index (χ4v) is 2.07. The molecular weight excluding hydrogens is 210 g/mol. The molecule has 0 saturated heterocycles. The smallest absolute Gasteiger partial charge is 0.127 e. The Morgan fingerprint density at radius 2 is 1.94 bits per heavy atom. The van der Waals surface area contributed by atoms with Crippen LogP contribution < -0.4 is 5.73 Å². The normalized spacial score (nSPS) is 12.9. The maximum atomic E-state index is 6.25. The first-order chi connectivity index (χ1) is 8.15. The monoisotopic (exact) mass is 237 g/mol. The third kappa shape index (κ3) is 3.24. The van der Waals surface area contributed by atoms with Gasteiger partial charge in [0.1, 0.15) is 11.6 Å². The van der Waals surface area contributed by atoms with Crippen molar-refractivity contribution >= 4 is 5.82 Å². The van der Waals surface area contributed by atoms with E-state index in [1.165, 1.54) is 18.7 Å². The molecule has 0 amide bonds. The molecule has 0 spiro atoms. The van der Waals surface area contributed by atoms with Crippen LogP contribution in [0.2, 0.25) is 0 Å². The Labute approximate surface area is 105 Å². The molecule has 0 radical (unpaired) electrons. The standard InChI is InChI=1S/C14H27N3/c1-5-8-10-17-12(9-6-2)16-13(14(17)15)11(4)7-3/h11H,5-10,15H2,1-4H3. The zero-order valence-electron chi connectivity index (χ0n) is 11.8. The lowest BCUT2D eigenvalue weighted by Gasteiger charge is -2.09. The zero-order chi connectivity index (χ0) is 12.8. The minimum absolute atomic E-state index is 0.466. The van der Waals surface area contributed by atoms with Gasteiger partial charge >= 0.3 is 0 Å². The first-order valence-electron chi connectivity index (χ1n) is 7.00. The van der Waals surface area contributed by atoms with E-state index in [-0.39, 0.29) is 0 Å². The lowest BCUT2D eigenvalue weighted by Crippen LogP contribution is -2.08. The van der Waals surface area contributed by atoms with Crippen LogP contribution in [0.4, 0.5) is 5.82 Å². The highest BCUT2D eigenvalue weighted by Gasteiger charge is 2.17. The van der Waals surface area contributed by atoms with Crippen molar-refractivity contribution in [3.63, 3.8) is 0 Å². The summed E-state index contributed by atoms with van der Waals surface area (Å²) in [6, 6.07) is 0. The third-order valence-corrected chi connectivity index (χ3v) is 3.40. The van der Waals surface area contributed by atoms with E-state index in [0.717, 1.165) is 37.3 Å². The lowest BCUT2D eigenvalue weighted by molar-refractivity contribution is 0.604. The van der Waals surface area contributed by atoms with Gasteiger partial charge in [-0.2, -0.15) is 0 Å². The molecule has 0 aliphatic heterocycles. The number of imidazole rings is 1. The van der Waals surface area contributed by atoms with Crippen molar-refractivity contribution in [2.45, 2.75) is 72.3 Å². The minimum atomic E-state index is 0.466. The van der Waals surface area contributed by atoms with Gasteiger partial charge in [-0.05, 0) is 19.3 Å². The summed E-state index contributed by atoms with van der Waals surface area (Å²) >= 11 is 0. The van der Waals surface area contributed by atoms with Crippen LogP contribution in [-0.2, 0) is 13.0 Å². The predicted octanol–water partition coefficient (Wildman–Crippen LogP) is 3.73. The van der Waals surface area contributed by atoms with Crippen LogP contribution in [0.1, 0.15) is 70.8 Å². The largest absolute Gasteiger partial charge is 0.384 e. The fraction of sp³-hybridized carbons (Fsp3) is 0.786. The summed E-state index contributed by atoms with van der Waals surface area (Å²) in [5.41, 5.74) is 7.36. The summed E-state index contributed by atoms with van der Waals surface area (Å²) in [4.78, 5) is 4.76. The van der Waals surface area contributed by atoms with E-state index < -0.39 is 0 Å². The Kier molecular flexibility index (Phi) is 5.52. The molecule has 1 aromatic rings. The Balaban J connectivity index is 3.01. The third-order valence-electron chi connectivity index (χ3n) is 3.40. The topological polar surface area (TPSA) is 43.8 Å². The van der Waals surface area contributed by atoms with Gasteiger partial charge in [0, 0.05) is 18.9 Å². The Bertz CT molecular complexity index is 341. The van der Waals surface area contributed by atoms with Crippen LogP contribution in [0.15, 0.2) is 0 Å². The molecular formula is C14H27N3. The van der Waals surface area contributed by atoms with E-state index in [0.29, 0.717) is 5.92 Å². The fourth-order valence-electron chi connectivity index (χ4n) is 2.07. The average molecular weight is 237 g/mol. The number of unbranched alkanes of at least 4 members (excludes halogenated alkanes) is 1. The molecule has 3 heteroatoms. The number of nitrogens with zero attached hydrogens (tertiary/aromatic N) is 2. The molecule has 2 N–H and O–H groups in total. The predicted molar refractivity (Wildman–Crippen MR) is 74.2 cm³/mol. The number of hydrogen-bond donors (Lipinski definition) is 1. The van der Waals surface area contributed by atoms with Gasteiger partial charge in [0.15, 0.2) is 0 Å². The summed E-state index contributed by atoms with van der Waals surface area (Å²) in [6.45, 7) is 9.81. The van der Waals surface area contributed by atoms with Crippen LogP contribution in [0.3, 0.4) is 0 Å². The minimum Gasteiger partial charge on any atom is -0.384 e. The van der Waals surface area contributed by atoms with Crippen LogP contribution in [0, 0.1) is 0 Å². The van der Waals surface area contributed by atoms with E-state index in [9.17, 15) is 0 Å². The quantitative estimate of drug-likeness (QED) is 0.785. The highest BCUT2D eigenvalue weighted by molar-refractivity contribution is 5.40. The molecule has 98 valence electrons. The zero-order valence-corrected chi connectivity index (χ0v) is 11.8. The van der Waals surface area contributed by atoms with Gasteiger partial charge < -0.3 is 10.3 Å². The molecule has 1 unspecified atom stereocenters. The number of hydrogen-bond acceptors (Lipinski definition) is 2. The van der Waals surface area contributed by atoms with E-state index in [1.54, 1.807) is 0 Å². The van der Waals surface area contributed by atoms with Crippen LogP contribution in [0.25, 0.3) is 0 Å². The van der Waals surface area contributed by atoms with Crippen molar-refractivity contribution in [2.75, 3.05) is 5.73 Å². The number of aryl methyl sites for hydroxylation is 1. The van der Waals surface area contributed by atoms with Crippen molar-refractivity contribution in [1.29, 1.82) is 0 Å². The summed E-state index contributed by atoms with van der Waals surface area (Å²) in [5, 5.41) is 0. The molecule has 1 rings (SSSR count). The number of nitrogen functional groups attached to an aromatic ring is 1. The first-order valence-corrected chi connectivity index (χ1v) is 7.00. The van der Waals surface area contributed by atoms with E-state index in [4.69, 9.17) is 10.7 Å². The number of nitrogens with two attached hydrogens (primary N) is 1. The molecule has 0 aromatic carbocycles. The van der Waals surface area contributed by atoms with Gasteiger partial charge in [-0.1, -0.05) is 34.1 Å². The second kappa shape index (κ2) is 6.67. The number of anilines is 1. The summed E-state index contributed by atoms with van der Waals surface area (Å²) in [7, 11) is 0. The van der Waals surface area contributed by atoms with Crippen molar-refractivity contribution in [3.8, 4) is 0 Å². The van der Waals surface area contributed by atoms with Crippen LogP contribution in [-0.4, -0.2) is 9.55 Å². The maximum Gasteiger partial charge on any atom is 0.127 e. The van der Waals surface area contributed by atoms with Gasteiger partial charge in [-0.3, -0.25) is 0 Å². The summed E-state index contributed by atoms with van der Waals surface area (Å²) in [6.07, 6.45) is 5.63. The van der Waals surface area contributed by atoms with Crippen molar-refractivity contribution in [1.82, 2.24) is 9.55 Å². The molecule has 0 fully saturated rings. The van der Waals surface area contributed by atoms with Gasteiger partial charge in [0.05, 0.1) is 5.69 Å². The van der Waals surface area contributed by atoms with Crippen molar-refractivity contribution < 1.29 is 0 Å². The molecule has 0 bridgehead atoms. The molecule has 3 nitrogen and oxygen atoms in total. The highest BCUT2D eigenvalue weighted by Crippen LogP contribution is 2.26. The maximum absolute atomic E-state index is 6.25. The molecule has 1 aromatic heterocycles. The average Bonchev–Trinajstić information content (AvgIpc) is 2.63. The Morgan fingerprint density at radius 1 is 1.24 bits per heavy atom. The second-order valence-corrected chi connectivity index (χ2v) is 4.86. The van der Waals surface area contributed by atoms with E-state index >= 15 is 0 Å². The van der Waals surface area contributed by atoms with Gasteiger partial charge in [-0.25, -0.2) is 4.98 Å². The Morgan fingerprint density at radius 3 is 2.47 bits per heavy atom. The highest BCUT2D eigenvalue weighted by atomic mass is 15.1. The number of rotatable bonds is 7. The van der Waals surface area contributed by atoms with E-state index in [1.807, 2.05) is 0 Å².